The molecule has 6 nitrogen and oxygen atoms in total. The highest BCUT2D eigenvalue weighted by atomic mass is 16.6. The van der Waals surface area contributed by atoms with E-state index in [0.29, 0.717) is 32.2 Å². The molecular weight excluding hydrogens is 380 g/mol. The SMILES string of the molecule is CCOC(=O)C(Cc1ccc(C#CCN(C)c2nc3ccccc3o2)cc1)OCC. The maximum Gasteiger partial charge on any atom is 0.335 e. The minimum absolute atomic E-state index is 0.328. The van der Waals surface area contributed by atoms with Crippen molar-refractivity contribution >= 4 is 23.1 Å². The van der Waals surface area contributed by atoms with Gasteiger partial charge in [-0.1, -0.05) is 36.1 Å². The first kappa shape index (κ1) is 21.4. The lowest BCUT2D eigenvalue weighted by molar-refractivity contribution is -0.156. The molecule has 3 aromatic rings. The largest absolute Gasteiger partial charge is 0.464 e. The van der Waals surface area contributed by atoms with Crippen molar-refractivity contribution in [2.24, 2.45) is 0 Å². The second kappa shape index (κ2) is 10.5. The smallest absolute Gasteiger partial charge is 0.335 e. The molecular formula is C24H26N2O4. The molecule has 0 N–H and O–H groups in total. The van der Waals surface area contributed by atoms with Gasteiger partial charge in [-0.15, -0.1) is 0 Å². The quantitative estimate of drug-likeness (QED) is 0.419. The fourth-order valence-electron chi connectivity index (χ4n) is 2.94. The first-order valence-corrected chi connectivity index (χ1v) is 10.0. The minimum Gasteiger partial charge on any atom is -0.464 e. The fourth-order valence-corrected chi connectivity index (χ4v) is 2.94. The molecule has 0 radical (unpaired) electrons. The van der Waals surface area contributed by atoms with Crippen LogP contribution in [0.1, 0.15) is 25.0 Å². The molecule has 1 unspecified atom stereocenters. The lowest BCUT2D eigenvalue weighted by atomic mass is 10.1. The summed E-state index contributed by atoms with van der Waals surface area (Å²) in [6.07, 6.45) is -0.113. The summed E-state index contributed by atoms with van der Waals surface area (Å²) >= 11 is 0. The number of esters is 1. The third kappa shape index (κ3) is 5.62. The average molecular weight is 406 g/mol. The normalized spacial score (nSPS) is 11.6. The van der Waals surface area contributed by atoms with Gasteiger partial charge in [0.15, 0.2) is 11.7 Å². The molecule has 6 heteroatoms. The summed E-state index contributed by atoms with van der Waals surface area (Å²) in [5.41, 5.74) is 3.48. The van der Waals surface area contributed by atoms with E-state index in [1.54, 1.807) is 6.92 Å². The van der Waals surface area contributed by atoms with Gasteiger partial charge >= 0.3 is 5.97 Å². The number of anilines is 1. The number of ether oxygens (including phenoxy) is 2. The van der Waals surface area contributed by atoms with Crippen LogP contribution in [0.15, 0.2) is 52.9 Å². The van der Waals surface area contributed by atoms with Gasteiger partial charge in [-0.05, 0) is 43.7 Å². The molecule has 1 atom stereocenters. The number of fused-ring (bicyclic) bond motifs is 1. The molecule has 0 spiro atoms. The Morgan fingerprint density at radius 1 is 1.13 bits per heavy atom. The summed E-state index contributed by atoms with van der Waals surface area (Å²) in [4.78, 5) is 18.3. The number of hydrogen-bond donors (Lipinski definition) is 0. The van der Waals surface area contributed by atoms with E-state index in [2.05, 4.69) is 16.8 Å². The molecule has 0 aliphatic carbocycles. The van der Waals surface area contributed by atoms with Crippen molar-refractivity contribution in [3.8, 4) is 11.8 Å². The predicted octanol–water partition coefficient (Wildman–Crippen LogP) is 3.83. The number of carbonyl (C=O) groups is 1. The lowest BCUT2D eigenvalue weighted by Crippen LogP contribution is -2.28. The van der Waals surface area contributed by atoms with Gasteiger partial charge < -0.3 is 18.8 Å². The van der Waals surface area contributed by atoms with Crippen molar-refractivity contribution in [3.63, 3.8) is 0 Å². The van der Waals surface area contributed by atoms with Gasteiger partial charge in [-0.25, -0.2) is 4.79 Å². The Labute approximate surface area is 176 Å². The van der Waals surface area contributed by atoms with Crippen molar-refractivity contribution in [1.29, 1.82) is 0 Å². The molecule has 0 saturated carbocycles. The Morgan fingerprint density at radius 3 is 2.60 bits per heavy atom. The molecule has 0 saturated heterocycles. The fraction of sp³-hybridized carbons (Fsp3) is 0.333. The molecule has 0 aliphatic rings. The Bertz CT molecular complexity index is 998. The molecule has 156 valence electrons. The van der Waals surface area contributed by atoms with Gasteiger partial charge in [0.25, 0.3) is 6.01 Å². The van der Waals surface area contributed by atoms with Crippen LogP contribution in [0.5, 0.6) is 0 Å². The van der Waals surface area contributed by atoms with Gasteiger partial charge in [0, 0.05) is 25.6 Å². The third-order valence-corrected chi connectivity index (χ3v) is 4.45. The van der Waals surface area contributed by atoms with E-state index < -0.39 is 6.10 Å². The Balaban J connectivity index is 1.59. The van der Waals surface area contributed by atoms with Gasteiger partial charge in [-0.2, -0.15) is 4.98 Å². The Morgan fingerprint density at radius 2 is 1.90 bits per heavy atom. The average Bonchev–Trinajstić information content (AvgIpc) is 3.19. The molecule has 30 heavy (non-hydrogen) atoms. The highest BCUT2D eigenvalue weighted by Gasteiger charge is 2.20. The van der Waals surface area contributed by atoms with Crippen LogP contribution in [-0.4, -0.2) is 43.9 Å². The third-order valence-electron chi connectivity index (χ3n) is 4.45. The standard InChI is InChI=1S/C24H26N2O4/c1-4-28-22(23(27)29-5-2)17-19-14-12-18(13-15-19)9-8-16-26(3)24-25-20-10-6-7-11-21(20)30-24/h6-7,10-15,22H,4-5,16-17H2,1-3H3. The second-order valence-corrected chi connectivity index (χ2v) is 6.72. The number of hydrogen-bond acceptors (Lipinski definition) is 6. The molecule has 0 bridgehead atoms. The van der Waals surface area contributed by atoms with E-state index in [1.165, 1.54) is 0 Å². The summed E-state index contributed by atoms with van der Waals surface area (Å²) < 4.78 is 16.3. The van der Waals surface area contributed by atoms with E-state index in [0.717, 1.165) is 22.2 Å². The van der Waals surface area contributed by atoms with E-state index in [4.69, 9.17) is 13.9 Å². The van der Waals surface area contributed by atoms with Crippen LogP contribution in [0, 0.1) is 11.8 Å². The number of carbonyl (C=O) groups excluding carboxylic acids is 1. The van der Waals surface area contributed by atoms with Crippen LogP contribution in [0.2, 0.25) is 0 Å². The number of aromatic nitrogens is 1. The highest BCUT2D eigenvalue weighted by Crippen LogP contribution is 2.20. The molecule has 0 aliphatic heterocycles. The molecule has 0 amide bonds. The van der Waals surface area contributed by atoms with Crippen molar-refractivity contribution < 1.29 is 18.7 Å². The second-order valence-electron chi connectivity index (χ2n) is 6.72. The van der Waals surface area contributed by atoms with E-state index in [1.807, 2.05) is 67.4 Å². The number of benzene rings is 2. The van der Waals surface area contributed by atoms with Gasteiger partial charge in [0.1, 0.15) is 5.52 Å². The summed E-state index contributed by atoms with van der Waals surface area (Å²) in [6, 6.07) is 16.0. The lowest BCUT2D eigenvalue weighted by Gasteiger charge is -2.15. The summed E-state index contributed by atoms with van der Waals surface area (Å²) in [5, 5.41) is 0. The summed E-state index contributed by atoms with van der Waals surface area (Å²) in [5.74, 6) is 5.95. The number of rotatable bonds is 8. The molecule has 0 fully saturated rings. The number of nitrogens with zero attached hydrogens (tertiary/aromatic N) is 2. The maximum atomic E-state index is 12.0. The zero-order valence-electron chi connectivity index (χ0n) is 17.6. The number of para-hydroxylation sites is 2. The molecule has 1 heterocycles. The number of oxazole rings is 1. The van der Waals surface area contributed by atoms with Crippen LogP contribution in [0.25, 0.3) is 11.1 Å². The van der Waals surface area contributed by atoms with Gasteiger partial charge in [0.05, 0.1) is 13.2 Å². The topological polar surface area (TPSA) is 64.8 Å². The van der Waals surface area contributed by atoms with Crippen LogP contribution in [0.3, 0.4) is 0 Å². The van der Waals surface area contributed by atoms with Crippen molar-refractivity contribution in [1.82, 2.24) is 4.98 Å². The minimum atomic E-state index is -0.586. The van der Waals surface area contributed by atoms with Gasteiger partial charge in [-0.3, -0.25) is 0 Å². The van der Waals surface area contributed by atoms with Crippen molar-refractivity contribution in [2.45, 2.75) is 26.4 Å². The monoisotopic (exact) mass is 406 g/mol. The Kier molecular flexibility index (Phi) is 7.47. The highest BCUT2D eigenvalue weighted by molar-refractivity contribution is 5.75. The summed E-state index contributed by atoms with van der Waals surface area (Å²) in [6.45, 7) is 4.94. The van der Waals surface area contributed by atoms with Crippen LogP contribution >= 0.6 is 0 Å². The Hall–Kier alpha value is -3.30. The zero-order chi connectivity index (χ0) is 21.3. The van der Waals surface area contributed by atoms with Crippen LogP contribution in [0.4, 0.5) is 6.01 Å². The van der Waals surface area contributed by atoms with Crippen molar-refractivity contribution in [3.05, 3.63) is 59.7 Å². The first-order chi connectivity index (χ1) is 14.6. The molecule has 1 aromatic heterocycles. The van der Waals surface area contributed by atoms with Crippen LogP contribution in [-0.2, 0) is 20.7 Å². The van der Waals surface area contributed by atoms with Gasteiger partial charge in [0.2, 0.25) is 0 Å². The van der Waals surface area contributed by atoms with E-state index in [9.17, 15) is 4.79 Å². The van der Waals surface area contributed by atoms with Crippen molar-refractivity contribution in [2.75, 3.05) is 31.7 Å². The van der Waals surface area contributed by atoms with E-state index >= 15 is 0 Å². The summed E-state index contributed by atoms with van der Waals surface area (Å²) in [7, 11) is 1.89. The first-order valence-electron chi connectivity index (χ1n) is 10.0. The van der Waals surface area contributed by atoms with E-state index in [-0.39, 0.29) is 5.97 Å². The molecule has 2 aromatic carbocycles. The van der Waals surface area contributed by atoms with Crippen LogP contribution < -0.4 is 4.90 Å². The molecule has 3 rings (SSSR count). The maximum absolute atomic E-state index is 12.0. The zero-order valence-corrected chi connectivity index (χ0v) is 17.6. The predicted molar refractivity (Wildman–Crippen MR) is 116 cm³/mol.